The molecule has 1 saturated carbocycles. The van der Waals surface area contributed by atoms with Crippen LogP contribution in [0.15, 0.2) is 0 Å². The topological polar surface area (TPSA) is 29.5 Å². The Labute approximate surface area is 87.7 Å². The maximum absolute atomic E-state index is 8.73. The molecule has 1 fully saturated rings. The summed E-state index contributed by atoms with van der Waals surface area (Å²) in [5.41, 5.74) is 0. The van der Waals surface area contributed by atoms with Gasteiger partial charge in [-0.3, -0.25) is 0 Å². The zero-order chi connectivity index (χ0) is 10.6. The largest absolute Gasteiger partial charge is 0.394 e. The van der Waals surface area contributed by atoms with Crippen molar-refractivity contribution in [2.24, 2.45) is 17.8 Å². The van der Waals surface area contributed by atoms with E-state index in [1.165, 1.54) is 19.3 Å². The number of aliphatic hydroxyl groups is 1. The lowest BCUT2D eigenvalue weighted by Gasteiger charge is -2.36. The molecule has 2 heteroatoms. The lowest BCUT2D eigenvalue weighted by molar-refractivity contribution is -0.0387. The van der Waals surface area contributed by atoms with E-state index in [0.717, 1.165) is 11.8 Å². The smallest absolute Gasteiger partial charge is 0.0701 e. The molecule has 0 amide bonds. The number of ether oxygens (including phenoxy) is 1. The molecule has 14 heavy (non-hydrogen) atoms. The predicted molar refractivity (Wildman–Crippen MR) is 58.2 cm³/mol. The molecule has 0 heterocycles. The third-order valence-corrected chi connectivity index (χ3v) is 3.53. The summed E-state index contributed by atoms with van der Waals surface area (Å²) in [6.45, 7) is 7.50. The van der Waals surface area contributed by atoms with Crippen LogP contribution in [-0.4, -0.2) is 24.4 Å². The first-order valence-corrected chi connectivity index (χ1v) is 5.87. The molecule has 1 aliphatic rings. The minimum atomic E-state index is 0.148. The second-order valence-electron chi connectivity index (χ2n) is 4.93. The van der Waals surface area contributed by atoms with E-state index in [1.54, 1.807) is 0 Å². The third kappa shape index (κ3) is 3.25. The molecule has 1 aliphatic carbocycles. The third-order valence-electron chi connectivity index (χ3n) is 3.53. The van der Waals surface area contributed by atoms with Gasteiger partial charge in [0.05, 0.1) is 19.3 Å². The highest BCUT2D eigenvalue weighted by molar-refractivity contribution is 4.80. The minimum absolute atomic E-state index is 0.148. The highest BCUT2D eigenvalue weighted by Gasteiger charge is 2.29. The van der Waals surface area contributed by atoms with Crippen LogP contribution in [0.4, 0.5) is 0 Å². The molecule has 0 unspecified atom stereocenters. The molecule has 0 spiro atoms. The average molecular weight is 200 g/mol. The van der Waals surface area contributed by atoms with E-state index < -0.39 is 0 Å². The van der Waals surface area contributed by atoms with Crippen LogP contribution in [0.1, 0.15) is 40.0 Å². The molecule has 0 aromatic carbocycles. The monoisotopic (exact) mass is 200 g/mol. The van der Waals surface area contributed by atoms with Crippen LogP contribution in [0.5, 0.6) is 0 Å². The van der Waals surface area contributed by atoms with Crippen molar-refractivity contribution in [3.05, 3.63) is 0 Å². The molecule has 0 radical (unpaired) electrons. The zero-order valence-corrected chi connectivity index (χ0v) is 9.70. The molecule has 0 bridgehead atoms. The van der Waals surface area contributed by atoms with Crippen LogP contribution in [-0.2, 0) is 4.74 Å². The van der Waals surface area contributed by atoms with E-state index in [-0.39, 0.29) is 6.61 Å². The van der Waals surface area contributed by atoms with Crippen LogP contribution in [0, 0.1) is 17.8 Å². The zero-order valence-electron chi connectivity index (χ0n) is 9.70. The van der Waals surface area contributed by atoms with Gasteiger partial charge in [0.1, 0.15) is 0 Å². The fraction of sp³-hybridized carbons (Fsp3) is 1.00. The molecule has 0 aromatic rings. The van der Waals surface area contributed by atoms with Crippen LogP contribution in [0.25, 0.3) is 0 Å². The van der Waals surface area contributed by atoms with Crippen molar-refractivity contribution < 1.29 is 9.84 Å². The molecular weight excluding hydrogens is 176 g/mol. The fourth-order valence-corrected chi connectivity index (χ4v) is 2.35. The molecule has 0 aliphatic heterocycles. The lowest BCUT2D eigenvalue weighted by Crippen LogP contribution is -2.32. The quantitative estimate of drug-likeness (QED) is 0.755. The fourth-order valence-electron chi connectivity index (χ4n) is 2.35. The van der Waals surface area contributed by atoms with Gasteiger partial charge in [-0.05, 0) is 37.0 Å². The second-order valence-corrected chi connectivity index (χ2v) is 4.93. The second kappa shape index (κ2) is 5.72. The van der Waals surface area contributed by atoms with Gasteiger partial charge in [-0.25, -0.2) is 0 Å². The van der Waals surface area contributed by atoms with Crippen molar-refractivity contribution in [2.45, 2.75) is 46.1 Å². The molecule has 0 saturated heterocycles. The lowest BCUT2D eigenvalue weighted by atomic mass is 9.76. The normalized spacial score (nSPS) is 33.6. The van der Waals surface area contributed by atoms with Crippen molar-refractivity contribution >= 4 is 0 Å². The van der Waals surface area contributed by atoms with Crippen molar-refractivity contribution in [3.8, 4) is 0 Å². The summed E-state index contributed by atoms with van der Waals surface area (Å²) in [6.07, 6.45) is 4.18. The molecular formula is C12H24O2. The van der Waals surface area contributed by atoms with E-state index in [1.807, 2.05) is 0 Å². The number of hydrogen-bond acceptors (Lipinski definition) is 2. The summed E-state index contributed by atoms with van der Waals surface area (Å²) in [5, 5.41) is 8.73. The van der Waals surface area contributed by atoms with Crippen LogP contribution >= 0.6 is 0 Å². The Morgan fingerprint density at radius 1 is 1.36 bits per heavy atom. The minimum Gasteiger partial charge on any atom is -0.394 e. The van der Waals surface area contributed by atoms with Gasteiger partial charge in [-0.15, -0.1) is 0 Å². The Morgan fingerprint density at radius 2 is 2.07 bits per heavy atom. The van der Waals surface area contributed by atoms with Gasteiger partial charge in [-0.1, -0.05) is 20.8 Å². The van der Waals surface area contributed by atoms with E-state index in [9.17, 15) is 0 Å². The summed E-state index contributed by atoms with van der Waals surface area (Å²) in [6, 6.07) is 0. The molecule has 1 N–H and O–H groups in total. The van der Waals surface area contributed by atoms with Gasteiger partial charge in [-0.2, -0.15) is 0 Å². The van der Waals surface area contributed by atoms with Crippen molar-refractivity contribution in [1.82, 2.24) is 0 Å². The molecule has 2 nitrogen and oxygen atoms in total. The maximum Gasteiger partial charge on any atom is 0.0701 e. The van der Waals surface area contributed by atoms with Crippen LogP contribution in [0.2, 0.25) is 0 Å². The van der Waals surface area contributed by atoms with Gasteiger partial charge in [0.25, 0.3) is 0 Å². The standard InChI is InChI=1S/C12H24O2/c1-9(2)11-5-4-10(3)12(8-11)14-7-6-13/h9-13H,4-8H2,1-3H3/t10-,11-,12+/m1/s1. The number of hydrogen-bond donors (Lipinski definition) is 1. The first-order valence-electron chi connectivity index (χ1n) is 5.87. The number of rotatable bonds is 4. The summed E-state index contributed by atoms with van der Waals surface area (Å²) in [4.78, 5) is 0. The first kappa shape index (κ1) is 12.0. The molecule has 84 valence electrons. The van der Waals surface area contributed by atoms with Crippen molar-refractivity contribution in [3.63, 3.8) is 0 Å². The van der Waals surface area contributed by atoms with Crippen LogP contribution in [0.3, 0.4) is 0 Å². The highest BCUT2D eigenvalue weighted by Crippen LogP contribution is 2.34. The first-order chi connectivity index (χ1) is 6.65. The van der Waals surface area contributed by atoms with E-state index in [2.05, 4.69) is 20.8 Å². The van der Waals surface area contributed by atoms with E-state index >= 15 is 0 Å². The van der Waals surface area contributed by atoms with Gasteiger partial charge < -0.3 is 9.84 Å². The molecule has 0 aromatic heterocycles. The van der Waals surface area contributed by atoms with Gasteiger partial charge in [0, 0.05) is 0 Å². The summed E-state index contributed by atoms with van der Waals surface area (Å²) >= 11 is 0. The predicted octanol–water partition coefficient (Wildman–Crippen LogP) is 2.46. The van der Waals surface area contributed by atoms with E-state index in [4.69, 9.17) is 9.84 Å². The maximum atomic E-state index is 8.73. The Hall–Kier alpha value is -0.0800. The highest BCUT2D eigenvalue weighted by atomic mass is 16.5. The van der Waals surface area contributed by atoms with Crippen molar-refractivity contribution in [2.75, 3.05) is 13.2 Å². The molecule has 3 atom stereocenters. The Balaban J connectivity index is 2.38. The van der Waals surface area contributed by atoms with Crippen molar-refractivity contribution in [1.29, 1.82) is 0 Å². The Kier molecular flexibility index (Phi) is 4.90. The Bertz CT molecular complexity index is 156. The van der Waals surface area contributed by atoms with Gasteiger partial charge in [0.15, 0.2) is 0 Å². The van der Waals surface area contributed by atoms with Crippen LogP contribution < -0.4 is 0 Å². The Morgan fingerprint density at radius 3 is 2.64 bits per heavy atom. The SMILES string of the molecule is CC(C)[C@@H]1CC[C@@H](C)[C@@H](OCCO)C1. The van der Waals surface area contributed by atoms with Gasteiger partial charge >= 0.3 is 0 Å². The van der Waals surface area contributed by atoms with E-state index in [0.29, 0.717) is 18.6 Å². The van der Waals surface area contributed by atoms with Gasteiger partial charge in [0.2, 0.25) is 0 Å². The molecule has 1 rings (SSSR count). The number of aliphatic hydroxyl groups excluding tert-OH is 1. The average Bonchev–Trinajstić information content (AvgIpc) is 2.16. The summed E-state index contributed by atoms with van der Waals surface area (Å²) < 4.78 is 5.67. The summed E-state index contributed by atoms with van der Waals surface area (Å²) in [7, 11) is 0. The summed E-state index contributed by atoms with van der Waals surface area (Å²) in [5.74, 6) is 2.24.